The van der Waals surface area contributed by atoms with Gasteiger partial charge in [-0.25, -0.2) is 0 Å². The van der Waals surface area contributed by atoms with Gasteiger partial charge in [0.15, 0.2) is 16.7 Å². The summed E-state index contributed by atoms with van der Waals surface area (Å²) in [5.74, 6) is 1.21. The maximum Gasteiger partial charge on any atom is 0.282 e. The van der Waals surface area contributed by atoms with Gasteiger partial charge in [0.1, 0.15) is 5.56 Å². The molecular weight excluding hydrogens is 356 g/mol. The lowest BCUT2D eigenvalue weighted by Gasteiger charge is -2.09. The normalized spacial score (nSPS) is 11.5. The van der Waals surface area contributed by atoms with E-state index in [1.165, 1.54) is 44.3 Å². The molecule has 0 spiro atoms. The van der Waals surface area contributed by atoms with Crippen LogP contribution in [0, 0.1) is 10.1 Å². The molecular formula is C17H18N4O4S. The largest absolute Gasteiger partial charge is 0.493 e. The van der Waals surface area contributed by atoms with E-state index in [4.69, 9.17) is 15.2 Å². The molecule has 9 heteroatoms. The number of ether oxygens (including phenoxy) is 2. The lowest BCUT2D eigenvalue weighted by Crippen LogP contribution is -2.06. The average molecular weight is 374 g/mol. The third-order valence-electron chi connectivity index (χ3n) is 3.33. The van der Waals surface area contributed by atoms with Gasteiger partial charge in [-0.2, -0.15) is 5.10 Å². The van der Waals surface area contributed by atoms with Gasteiger partial charge in [0.05, 0.1) is 25.4 Å². The molecule has 136 valence electrons. The quantitative estimate of drug-likeness (QED) is 0.345. The van der Waals surface area contributed by atoms with Gasteiger partial charge < -0.3 is 15.2 Å². The first-order valence-corrected chi connectivity index (χ1v) is 8.48. The number of nitrogens with zero attached hydrogens (tertiary/aromatic N) is 3. The fourth-order valence-corrected chi connectivity index (χ4v) is 2.74. The van der Waals surface area contributed by atoms with E-state index in [2.05, 4.69) is 10.2 Å². The molecule has 0 radical (unpaired) electrons. The van der Waals surface area contributed by atoms with E-state index in [0.29, 0.717) is 11.5 Å². The van der Waals surface area contributed by atoms with Crippen molar-refractivity contribution in [2.24, 2.45) is 15.9 Å². The van der Waals surface area contributed by atoms with Crippen LogP contribution < -0.4 is 15.2 Å². The Balaban J connectivity index is 2.19. The second-order valence-electron chi connectivity index (χ2n) is 4.95. The fraction of sp³-hybridized carbons (Fsp3) is 0.176. The molecule has 0 saturated carbocycles. The number of nitro groups is 1. The minimum Gasteiger partial charge on any atom is -0.493 e. The lowest BCUT2D eigenvalue weighted by atomic mass is 10.1. The summed E-state index contributed by atoms with van der Waals surface area (Å²) in [7, 11) is 2.84. The maximum absolute atomic E-state index is 11.2. The molecule has 8 nitrogen and oxygen atoms in total. The Morgan fingerprint density at radius 3 is 2.58 bits per heavy atom. The second-order valence-corrected chi connectivity index (χ2v) is 5.94. The molecule has 2 aromatic carbocycles. The van der Waals surface area contributed by atoms with Gasteiger partial charge in [0, 0.05) is 11.8 Å². The molecule has 0 fully saturated rings. The highest BCUT2D eigenvalue weighted by Crippen LogP contribution is 2.35. The van der Waals surface area contributed by atoms with Crippen molar-refractivity contribution in [1.82, 2.24) is 0 Å². The van der Waals surface area contributed by atoms with Gasteiger partial charge in [-0.05, 0) is 11.6 Å². The number of benzene rings is 2. The fourth-order valence-electron chi connectivity index (χ4n) is 2.13. The summed E-state index contributed by atoms with van der Waals surface area (Å²) < 4.78 is 10.4. The van der Waals surface area contributed by atoms with Crippen molar-refractivity contribution >= 4 is 28.8 Å². The van der Waals surface area contributed by atoms with Crippen LogP contribution in [0.25, 0.3) is 0 Å². The highest BCUT2D eigenvalue weighted by atomic mass is 32.2. The molecule has 0 unspecified atom stereocenters. The molecule has 0 aliphatic carbocycles. The SMILES string of the molecule is COc1ccc([N+](=O)[O-])c(C=NN=C(N)SCc2ccccc2)c1OC. The summed E-state index contributed by atoms with van der Waals surface area (Å²) in [5, 5.41) is 19.2. The van der Waals surface area contributed by atoms with Crippen molar-refractivity contribution in [3.05, 3.63) is 63.7 Å². The van der Waals surface area contributed by atoms with E-state index >= 15 is 0 Å². The molecule has 0 atom stereocenters. The summed E-state index contributed by atoms with van der Waals surface area (Å²) in [6, 6.07) is 12.6. The van der Waals surface area contributed by atoms with Gasteiger partial charge in [-0.1, -0.05) is 42.1 Å². The minimum absolute atomic E-state index is 0.154. The van der Waals surface area contributed by atoms with Crippen LogP contribution in [0.15, 0.2) is 52.7 Å². The molecule has 2 aromatic rings. The number of hydrogen-bond donors (Lipinski definition) is 1. The van der Waals surface area contributed by atoms with Crippen molar-refractivity contribution < 1.29 is 14.4 Å². The highest BCUT2D eigenvalue weighted by Gasteiger charge is 2.21. The Hall–Kier alpha value is -3.07. The Labute approximate surface area is 154 Å². The third-order valence-corrected chi connectivity index (χ3v) is 4.19. The Morgan fingerprint density at radius 1 is 1.23 bits per heavy atom. The van der Waals surface area contributed by atoms with Crippen LogP contribution in [0.4, 0.5) is 5.69 Å². The topological polar surface area (TPSA) is 112 Å². The number of thioether (sulfide) groups is 1. The molecule has 0 amide bonds. The summed E-state index contributed by atoms with van der Waals surface area (Å²) in [5.41, 5.74) is 6.91. The Bertz CT molecular complexity index is 825. The van der Waals surface area contributed by atoms with Crippen LogP contribution in [-0.2, 0) is 5.75 Å². The molecule has 0 saturated heterocycles. The van der Waals surface area contributed by atoms with E-state index in [9.17, 15) is 10.1 Å². The monoisotopic (exact) mass is 374 g/mol. The van der Waals surface area contributed by atoms with Crippen LogP contribution >= 0.6 is 11.8 Å². The molecule has 2 rings (SSSR count). The van der Waals surface area contributed by atoms with Crippen molar-refractivity contribution in [1.29, 1.82) is 0 Å². The van der Waals surface area contributed by atoms with Crippen molar-refractivity contribution in [2.75, 3.05) is 14.2 Å². The summed E-state index contributed by atoms with van der Waals surface area (Å²) in [4.78, 5) is 10.7. The number of rotatable bonds is 7. The standard InChI is InChI=1S/C17H18N4O4S/c1-24-15-9-8-14(21(22)23)13(16(15)25-2)10-19-20-17(18)26-11-12-6-4-3-5-7-12/h3-10H,11H2,1-2H3,(H2,18,20). The predicted octanol–water partition coefficient (Wildman–Crippen LogP) is 3.19. The molecule has 0 aliphatic rings. The number of nitrogens with two attached hydrogens (primary N) is 1. The molecule has 0 heterocycles. The van der Waals surface area contributed by atoms with Crippen molar-refractivity contribution in [3.8, 4) is 11.5 Å². The van der Waals surface area contributed by atoms with E-state index in [0.717, 1.165) is 5.56 Å². The predicted molar refractivity (Wildman–Crippen MR) is 103 cm³/mol. The van der Waals surface area contributed by atoms with Crippen LogP contribution in [0.1, 0.15) is 11.1 Å². The smallest absolute Gasteiger partial charge is 0.282 e. The molecule has 0 bridgehead atoms. The van der Waals surface area contributed by atoms with E-state index in [1.807, 2.05) is 30.3 Å². The first kappa shape index (κ1) is 19.3. The zero-order valence-corrected chi connectivity index (χ0v) is 15.1. The lowest BCUT2D eigenvalue weighted by molar-refractivity contribution is -0.385. The molecule has 26 heavy (non-hydrogen) atoms. The highest BCUT2D eigenvalue weighted by molar-refractivity contribution is 8.13. The summed E-state index contributed by atoms with van der Waals surface area (Å²) >= 11 is 1.32. The summed E-state index contributed by atoms with van der Waals surface area (Å²) in [6.45, 7) is 0. The number of hydrogen-bond acceptors (Lipinski definition) is 7. The molecule has 0 aliphatic heterocycles. The van der Waals surface area contributed by atoms with Gasteiger partial charge >= 0.3 is 0 Å². The van der Waals surface area contributed by atoms with Gasteiger partial charge in [0.2, 0.25) is 0 Å². The van der Waals surface area contributed by atoms with Gasteiger partial charge in [0.25, 0.3) is 5.69 Å². The van der Waals surface area contributed by atoms with Crippen molar-refractivity contribution in [3.63, 3.8) is 0 Å². The first-order valence-electron chi connectivity index (χ1n) is 7.49. The average Bonchev–Trinajstić information content (AvgIpc) is 2.66. The Morgan fingerprint density at radius 2 is 1.96 bits per heavy atom. The zero-order chi connectivity index (χ0) is 18.9. The summed E-state index contributed by atoms with van der Waals surface area (Å²) in [6.07, 6.45) is 1.23. The first-order chi connectivity index (χ1) is 12.6. The molecule has 0 aromatic heterocycles. The number of nitro benzene ring substituents is 1. The van der Waals surface area contributed by atoms with Crippen LogP contribution in [0.3, 0.4) is 0 Å². The zero-order valence-electron chi connectivity index (χ0n) is 14.3. The van der Waals surface area contributed by atoms with Gasteiger partial charge in [-0.15, -0.1) is 5.10 Å². The maximum atomic E-state index is 11.2. The van der Waals surface area contributed by atoms with Crippen LogP contribution in [0.2, 0.25) is 0 Å². The Kier molecular flexibility index (Phi) is 6.98. The van der Waals surface area contributed by atoms with E-state index in [-0.39, 0.29) is 22.2 Å². The minimum atomic E-state index is -0.527. The van der Waals surface area contributed by atoms with Crippen LogP contribution in [0.5, 0.6) is 11.5 Å². The van der Waals surface area contributed by atoms with Crippen molar-refractivity contribution in [2.45, 2.75) is 5.75 Å². The second kappa shape index (κ2) is 9.42. The number of amidine groups is 1. The third kappa shape index (κ3) is 4.96. The molecule has 2 N–H and O–H groups in total. The van der Waals surface area contributed by atoms with E-state index < -0.39 is 4.92 Å². The van der Waals surface area contributed by atoms with Crippen LogP contribution in [-0.4, -0.2) is 30.5 Å². The van der Waals surface area contributed by atoms with Gasteiger partial charge in [-0.3, -0.25) is 10.1 Å². The number of methoxy groups -OCH3 is 2. The van der Waals surface area contributed by atoms with E-state index in [1.54, 1.807) is 0 Å².